The molecule has 1 fully saturated rings. The van der Waals surface area contributed by atoms with E-state index in [4.69, 9.17) is 5.84 Å². The zero-order valence-corrected chi connectivity index (χ0v) is 10.7. The minimum atomic E-state index is -0.662. The van der Waals surface area contributed by atoms with Crippen molar-refractivity contribution in [1.29, 1.82) is 0 Å². The number of piperazine rings is 1. The molecule has 0 atom stereocenters. The van der Waals surface area contributed by atoms with Crippen LogP contribution in [0, 0.1) is 10.1 Å². The Morgan fingerprint density at radius 1 is 1.10 bits per heavy atom. The van der Waals surface area contributed by atoms with Crippen molar-refractivity contribution < 1.29 is 14.5 Å². The number of non-ortho nitro benzene ring substituents is 1. The van der Waals surface area contributed by atoms with Gasteiger partial charge in [-0.05, 0) is 12.1 Å². The molecule has 8 heteroatoms. The van der Waals surface area contributed by atoms with Crippen molar-refractivity contribution in [1.82, 2.24) is 9.91 Å². The molecule has 1 saturated heterocycles. The van der Waals surface area contributed by atoms with Crippen molar-refractivity contribution in [3.63, 3.8) is 0 Å². The van der Waals surface area contributed by atoms with Gasteiger partial charge < -0.3 is 4.90 Å². The molecule has 1 aliphatic heterocycles. The van der Waals surface area contributed by atoms with Crippen molar-refractivity contribution in [2.24, 2.45) is 5.84 Å². The van der Waals surface area contributed by atoms with Crippen LogP contribution in [0.3, 0.4) is 0 Å². The van der Waals surface area contributed by atoms with Gasteiger partial charge in [0.05, 0.1) is 4.92 Å². The number of carbonyl (C=O) groups is 2. The van der Waals surface area contributed by atoms with Crippen molar-refractivity contribution in [2.75, 3.05) is 26.2 Å². The van der Waals surface area contributed by atoms with E-state index >= 15 is 0 Å². The van der Waals surface area contributed by atoms with Crippen LogP contribution in [0.4, 0.5) is 5.69 Å². The van der Waals surface area contributed by atoms with E-state index in [2.05, 4.69) is 0 Å². The standard InChI is InChI=1S/C12H14N4O4/c13-15-7-5-14(6-8-15)12(18)11(17)9-1-3-10(4-2-9)16(19)20/h1-4H,5-8,13H2. The molecule has 0 aliphatic carbocycles. The van der Waals surface area contributed by atoms with Crippen LogP contribution in [0.25, 0.3) is 0 Å². The van der Waals surface area contributed by atoms with Gasteiger partial charge in [0.1, 0.15) is 0 Å². The number of amides is 1. The Labute approximate surface area is 114 Å². The second-order valence-electron chi connectivity index (χ2n) is 4.46. The van der Waals surface area contributed by atoms with Gasteiger partial charge in [-0.3, -0.25) is 25.5 Å². The highest BCUT2D eigenvalue weighted by Gasteiger charge is 2.26. The monoisotopic (exact) mass is 278 g/mol. The van der Waals surface area contributed by atoms with Crippen molar-refractivity contribution in [2.45, 2.75) is 0 Å². The summed E-state index contributed by atoms with van der Waals surface area (Å²) in [5, 5.41) is 12.1. The summed E-state index contributed by atoms with van der Waals surface area (Å²) in [7, 11) is 0. The molecule has 0 spiro atoms. The number of hydrogen-bond donors (Lipinski definition) is 1. The maximum atomic E-state index is 12.0. The quantitative estimate of drug-likeness (QED) is 0.269. The van der Waals surface area contributed by atoms with Gasteiger partial charge in [-0.2, -0.15) is 0 Å². The first kappa shape index (κ1) is 14.1. The molecule has 1 aromatic carbocycles. The number of hydrazine groups is 1. The number of nitro groups is 1. The fourth-order valence-corrected chi connectivity index (χ4v) is 1.93. The smallest absolute Gasteiger partial charge is 0.295 e. The molecule has 1 aromatic rings. The predicted molar refractivity (Wildman–Crippen MR) is 69.8 cm³/mol. The van der Waals surface area contributed by atoms with Gasteiger partial charge >= 0.3 is 0 Å². The maximum Gasteiger partial charge on any atom is 0.295 e. The summed E-state index contributed by atoms with van der Waals surface area (Å²) in [5.41, 5.74) is 0.0292. The molecular weight excluding hydrogens is 264 g/mol. The van der Waals surface area contributed by atoms with Crippen molar-refractivity contribution in [3.8, 4) is 0 Å². The molecule has 1 amide bonds. The second kappa shape index (κ2) is 5.76. The number of nitrogens with two attached hydrogens (primary N) is 1. The molecule has 0 saturated carbocycles. The van der Waals surface area contributed by atoms with Crippen LogP contribution in [0.15, 0.2) is 24.3 Å². The average Bonchev–Trinajstić information content (AvgIpc) is 2.46. The van der Waals surface area contributed by atoms with Crippen LogP contribution in [-0.2, 0) is 4.79 Å². The Morgan fingerprint density at radius 3 is 2.15 bits per heavy atom. The zero-order chi connectivity index (χ0) is 14.7. The van der Waals surface area contributed by atoms with Gasteiger partial charge in [-0.25, -0.2) is 5.01 Å². The number of rotatable bonds is 3. The van der Waals surface area contributed by atoms with Crippen LogP contribution in [0.1, 0.15) is 10.4 Å². The van der Waals surface area contributed by atoms with E-state index in [9.17, 15) is 19.7 Å². The summed E-state index contributed by atoms with van der Waals surface area (Å²) in [4.78, 5) is 35.4. The Bertz CT molecular complexity index is 535. The van der Waals surface area contributed by atoms with Crippen LogP contribution in [0.2, 0.25) is 0 Å². The molecule has 0 unspecified atom stereocenters. The van der Waals surface area contributed by atoms with Crippen molar-refractivity contribution >= 4 is 17.4 Å². The molecular formula is C12H14N4O4. The fraction of sp³-hybridized carbons (Fsp3) is 0.333. The minimum Gasteiger partial charge on any atom is -0.333 e. The fourth-order valence-electron chi connectivity index (χ4n) is 1.93. The second-order valence-corrected chi connectivity index (χ2v) is 4.46. The summed E-state index contributed by atoms with van der Waals surface area (Å²) in [6.45, 7) is 1.82. The van der Waals surface area contributed by atoms with E-state index in [0.717, 1.165) is 0 Å². The molecule has 0 bridgehead atoms. The van der Waals surface area contributed by atoms with E-state index in [1.807, 2.05) is 0 Å². The molecule has 8 nitrogen and oxygen atoms in total. The van der Waals surface area contributed by atoms with Gasteiger partial charge in [-0.1, -0.05) is 0 Å². The summed E-state index contributed by atoms with van der Waals surface area (Å²) < 4.78 is 0. The number of ketones is 1. The highest BCUT2D eigenvalue weighted by atomic mass is 16.6. The van der Waals surface area contributed by atoms with Crippen LogP contribution in [0.5, 0.6) is 0 Å². The van der Waals surface area contributed by atoms with Gasteiger partial charge in [-0.15, -0.1) is 0 Å². The summed E-state index contributed by atoms with van der Waals surface area (Å²) in [6.07, 6.45) is 0. The number of benzene rings is 1. The molecule has 0 radical (unpaired) electrons. The normalized spacial score (nSPS) is 15.9. The number of nitrogens with zero attached hydrogens (tertiary/aromatic N) is 3. The van der Waals surface area contributed by atoms with Crippen LogP contribution in [-0.4, -0.2) is 52.7 Å². The van der Waals surface area contributed by atoms with Gasteiger partial charge in [0.2, 0.25) is 5.78 Å². The third-order valence-corrected chi connectivity index (χ3v) is 3.14. The van der Waals surface area contributed by atoms with Gasteiger partial charge in [0, 0.05) is 43.9 Å². The topological polar surface area (TPSA) is 110 Å². The summed E-state index contributed by atoms with van der Waals surface area (Å²) in [5.74, 6) is 4.31. The minimum absolute atomic E-state index is 0.120. The van der Waals surface area contributed by atoms with E-state index in [1.54, 1.807) is 5.01 Å². The summed E-state index contributed by atoms with van der Waals surface area (Å²) in [6, 6.07) is 4.99. The molecule has 2 N–H and O–H groups in total. The average molecular weight is 278 g/mol. The maximum absolute atomic E-state index is 12.0. The molecule has 1 heterocycles. The highest BCUT2D eigenvalue weighted by Crippen LogP contribution is 2.13. The van der Waals surface area contributed by atoms with Crippen LogP contribution < -0.4 is 5.84 Å². The lowest BCUT2D eigenvalue weighted by atomic mass is 10.1. The Hall–Kier alpha value is -2.32. The zero-order valence-electron chi connectivity index (χ0n) is 10.7. The number of nitro benzene ring substituents is 1. The van der Waals surface area contributed by atoms with E-state index in [0.29, 0.717) is 26.2 Å². The van der Waals surface area contributed by atoms with E-state index in [1.165, 1.54) is 29.2 Å². The Balaban J connectivity index is 2.06. The molecule has 1 aliphatic rings. The lowest BCUT2D eigenvalue weighted by Crippen LogP contribution is -2.52. The largest absolute Gasteiger partial charge is 0.333 e. The third kappa shape index (κ3) is 2.98. The summed E-state index contributed by atoms with van der Waals surface area (Å²) >= 11 is 0. The highest BCUT2D eigenvalue weighted by molar-refractivity contribution is 6.42. The molecule has 0 aromatic heterocycles. The first-order chi connectivity index (χ1) is 9.49. The molecule has 20 heavy (non-hydrogen) atoms. The number of hydrogen-bond acceptors (Lipinski definition) is 6. The Kier molecular flexibility index (Phi) is 4.06. The van der Waals surface area contributed by atoms with Crippen LogP contribution >= 0.6 is 0 Å². The third-order valence-electron chi connectivity index (χ3n) is 3.14. The number of carbonyl (C=O) groups excluding carboxylic acids is 2. The van der Waals surface area contributed by atoms with E-state index in [-0.39, 0.29) is 11.3 Å². The number of Topliss-reactive ketones (excluding diaryl/α,β-unsaturated/α-hetero) is 1. The SMILES string of the molecule is NN1CCN(C(=O)C(=O)c2ccc([N+](=O)[O-])cc2)CC1. The lowest BCUT2D eigenvalue weighted by molar-refractivity contribution is -0.384. The first-order valence-corrected chi connectivity index (χ1v) is 6.07. The first-order valence-electron chi connectivity index (χ1n) is 6.07. The van der Waals surface area contributed by atoms with Gasteiger partial charge in [0.15, 0.2) is 0 Å². The Morgan fingerprint density at radius 2 is 1.65 bits per heavy atom. The lowest BCUT2D eigenvalue weighted by Gasteiger charge is -2.31. The van der Waals surface area contributed by atoms with Crippen molar-refractivity contribution in [3.05, 3.63) is 39.9 Å². The van der Waals surface area contributed by atoms with Gasteiger partial charge in [0.25, 0.3) is 11.6 Å². The molecule has 2 rings (SSSR count). The molecule has 106 valence electrons. The van der Waals surface area contributed by atoms with E-state index < -0.39 is 16.6 Å². The predicted octanol–water partition coefficient (Wildman–Crippen LogP) is -0.205.